The third-order valence-electron chi connectivity index (χ3n) is 2.79. The lowest BCUT2D eigenvalue weighted by molar-refractivity contribution is 0.464. The second-order valence-electron chi connectivity index (χ2n) is 4.14. The highest BCUT2D eigenvalue weighted by atomic mass is 19.2. The zero-order chi connectivity index (χ0) is 13.4. The van der Waals surface area contributed by atoms with Gasteiger partial charge in [-0.3, -0.25) is 0 Å². The molecule has 1 rings (SSSR count). The smallest absolute Gasteiger partial charge is 0.162 e. The maximum atomic E-state index is 13.6. The first-order chi connectivity index (χ1) is 8.69. The summed E-state index contributed by atoms with van der Waals surface area (Å²) in [6.45, 7) is 4.61. The van der Waals surface area contributed by atoms with Crippen molar-refractivity contribution in [2.75, 3.05) is 6.54 Å². The number of halogens is 2. The second kappa shape index (κ2) is 7.84. The molecule has 1 aromatic rings. The fourth-order valence-electron chi connectivity index (χ4n) is 1.91. The maximum Gasteiger partial charge on any atom is 0.162 e. The molecular formula is C15H19F2N. The lowest BCUT2D eigenvalue weighted by atomic mass is 10.0. The van der Waals surface area contributed by atoms with Crippen molar-refractivity contribution in [1.82, 2.24) is 5.32 Å². The van der Waals surface area contributed by atoms with E-state index in [1.165, 1.54) is 0 Å². The number of benzene rings is 1. The van der Waals surface area contributed by atoms with E-state index >= 15 is 0 Å². The minimum atomic E-state index is -0.781. The summed E-state index contributed by atoms with van der Waals surface area (Å²) in [4.78, 5) is 0. The van der Waals surface area contributed by atoms with Crippen molar-refractivity contribution in [3.63, 3.8) is 0 Å². The van der Waals surface area contributed by atoms with Crippen LogP contribution in [-0.2, 0) is 6.42 Å². The van der Waals surface area contributed by atoms with E-state index in [0.717, 1.165) is 25.5 Å². The van der Waals surface area contributed by atoms with E-state index in [0.29, 0.717) is 12.0 Å². The Labute approximate surface area is 108 Å². The minimum absolute atomic E-state index is 0.132. The number of rotatable bonds is 6. The fraction of sp³-hybridized carbons (Fsp3) is 0.467. The third-order valence-corrected chi connectivity index (χ3v) is 2.79. The van der Waals surface area contributed by atoms with E-state index in [9.17, 15) is 8.78 Å². The predicted molar refractivity (Wildman–Crippen MR) is 70.2 cm³/mol. The number of hydrogen-bond donors (Lipinski definition) is 1. The highest BCUT2D eigenvalue weighted by Crippen LogP contribution is 2.14. The van der Waals surface area contributed by atoms with Gasteiger partial charge in [0, 0.05) is 12.5 Å². The molecule has 0 aliphatic carbocycles. The summed E-state index contributed by atoms with van der Waals surface area (Å²) >= 11 is 0. The van der Waals surface area contributed by atoms with Gasteiger partial charge in [-0.05, 0) is 37.9 Å². The van der Waals surface area contributed by atoms with Crippen LogP contribution in [0.3, 0.4) is 0 Å². The van der Waals surface area contributed by atoms with Gasteiger partial charge in [0.25, 0.3) is 0 Å². The normalized spacial score (nSPS) is 11.8. The van der Waals surface area contributed by atoms with E-state index < -0.39 is 11.6 Å². The third kappa shape index (κ3) is 4.46. The van der Waals surface area contributed by atoms with Crippen LogP contribution in [0, 0.1) is 23.5 Å². The zero-order valence-corrected chi connectivity index (χ0v) is 10.9. The molecule has 98 valence electrons. The topological polar surface area (TPSA) is 12.0 Å². The first-order valence-corrected chi connectivity index (χ1v) is 6.24. The van der Waals surface area contributed by atoms with Crippen molar-refractivity contribution in [2.24, 2.45) is 0 Å². The second-order valence-corrected chi connectivity index (χ2v) is 4.14. The molecule has 0 fully saturated rings. The molecule has 0 saturated heterocycles. The van der Waals surface area contributed by atoms with Crippen molar-refractivity contribution in [2.45, 2.75) is 39.2 Å². The summed E-state index contributed by atoms with van der Waals surface area (Å²) in [6, 6.07) is 4.45. The van der Waals surface area contributed by atoms with Crippen molar-refractivity contribution in [3.8, 4) is 11.8 Å². The molecule has 0 spiro atoms. The van der Waals surface area contributed by atoms with E-state index in [1.54, 1.807) is 19.1 Å². The quantitative estimate of drug-likeness (QED) is 0.765. The van der Waals surface area contributed by atoms with Crippen LogP contribution in [0.25, 0.3) is 0 Å². The van der Waals surface area contributed by atoms with Gasteiger partial charge in [-0.25, -0.2) is 8.78 Å². The van der Waals surface area contributed by atoms with Crippen LogP contribution < -0.4 is 5.32 Å². The summed E-state index contributed by atoms with van der Waals surface area (Å²) in [5.74, 6) is 4.31. The van der Waals surface area contributed by atoms with Gasteiger partial charge in [0.2, 0.25) is 0 Å². The molecule has 1 atom stereocenters. The lowest BCUT2D eigenvalue weighted by Crippen LogP contribution is -2.31. The monoisotopic (exact) mass is 251 g/mol. The van der Waals surface area contributed by atoms with Gasteiger partial charge in [-0.1, -0.05) is 19.1 Å². The molecule has 0 aliphatic rings. The van der Waals surface area contributed by atoms with Crippen molar-refractivity contribution < 1.29 is 8.78 Å². The highest BCUT2D eigenvalue weighted by molar-refractivity contribution is 5.20. The van der Waals surface area contributed by atoms with Gasteiger partial charge < -0.3 is 5.32 Å². The summed E-state index contributed by atoms with van der Waals surface area (Å²) in [5, 5.41) is 3.28. The standard InChI is InChI=1S/C15H19F2N/c1-3-5-6-9-13(18-4-2)11-12-8-7-10-14(16)15(12)17/h7-8,10,13,18H,4,6,9,11H2,1-2H3. The zero-order valence-electron chi connectivity index (χ0n) is 10.9. The molecular weight excluding hydrogens is 232 g/mol. The van der Waals surface area contributed by atoms with Crippen LogP contribution in [0.4, 0.5) is 8.78 Å². The van der Waals surface area contributed by atoms with E-state index in [-0.39, 0.29) is 6.04 Å². The average Bonchev–Trinajstić information content (AvgIpc) is 2.35. The molecule has 0 aromatic heterocycles. The molecule has 1 nitrogen and oxygen atoms in total. The molecule has 1 unspecified atom stereocenters. The Morgan fingerprint density at radius 3 is 2.78 bits per heavy atom. The number of hydrogen-bond acceptors (Lipinski definition) is 1. The van der Waals surface area contributed by atoms with Crippen molar-refractivity contribution in [3.05, 3.63) is 35.4 Å². The summed E-state index contributed by atoms with van der Waals surface area (Å²) in [7, 11) is 0. The largest absolute Gasteiger partial charge is 0.314 e. The molecule has 0 bridgehead atoms. The van der Waals surface area contributed by atoms with Gasteiger partial charge in [0.1, 0.15) is 0 Å². The Bertz CT molecular complexity index is 432. The minimum Gasteiger partial charge on any atom is -0.314 e. The van der Waals surface area contributed by atoms with Crippen LogP contribution in [0.2, 0.25) is 0 Å². The van der Waals surface area contributed by atoms with Crippen LogP contribution in [0.1, 0.15) is 32.3 Å². The van der Waals surface area contributed by atoms with Crippen molar-refractivity contribution in [1.29, 1.82) is 0 Å². The molecule has 3 heteroatoms. The van der Waals surface area contributed by atoms with Gasteiger partial charge >= 0.3 is 0 Å². The number of likely N-dealkylation sites (N-methyl/N-ethyl adjacent to an activating group) is 1. The molecule has 0 saturated carbocycles. The Kier molecular flexibility index (Phi) is 6.38. The molecule has 0 amide bonds. The van der Waals surface area contributed by atoms with Crippen molar-refractivity contribution >= 4 is 0 Å². The van der Waals surface area contributed by atoms with Crippen LogP contribution >= 0.6 is 0 Å². The molecule has 1 N–H and O–H groups in total. The highest BCUT2D eigenvalue weighted by Gasteiger charge is 2.13. The number of nitrogens with one attached hydrogen (secondary N) is 1. The Morgan fingerprint density at radius 2 is 2.11 bits per heavy atom. The Balaban J connectivity index is 2.68. The molecule has 0 heterocycles. The molecule has 0 aliphatic heterocycles. The average molecular weight is 251 g/mol. The van der Waals surface area contributed by atoms with Gasteiger partial charge in [0.05, 0.1) is 0 Å². The maximum absolute atomic E-state index is 13.6. The Hall–Kier alpha value is -1.40. The van der Waals surface area contributed by atoms with E-state index in [2.05, 4.69) is 17.2 Å². The summed E-state index contributed by atoms with van der Waals surface area (Å²) in [5.41, 5.74) is 0.422. The van der Waals surface area contributed by atoms with E-state index in [1.807, 2.05) is 6.92 Å². The summed E-state index contributed by atoms with van der Waals surface area (Å²) < 4.78 is 26.7. The van der Waals surface area contributed by atoms with Crippen LogP contribution in [-0.4, -0.2) is 12.6 Å². The molecule has 18 heavy (non-hydrogen) atoms. The Morgan fingerprint density at radius 1 is 1.33 bits per heavy atom. The van der Waals surface area contributed by atoms with Gasteiger partial charge in [-0.2, -0.15) is 0 Å². The first-order valence-electron chi connectivity index (χ1n) is 6.24. The lowest BCUT2D eigenvalue weighted by Gasteiger charge is -2.17. The fourth-order valence-corrected chi connectivity index (χ4v) is 1.91. The van der Waals surface area contributed by atoms with Crippen LogP contribution in [0.15, 0.2) is 18.2 Å². The van der Waals surface area contributed by atoms with Gasteiger partial charge in [0.15, 0.2) is 11.6 Å². The van der Waals surface area contributed by atoms with Gasteiger partial charge in [-0.15, -0.1) is 11.8 Å². The first kappa shape index (κ1) is 14.7. The molecule has 1 aromatic carbocycles. The van der Waals surface area contributed by atoms with E-state index in [4.69, 9.17) is 0 Å². The molecule has 0 radical (unpaired) electrons. The SMILES string of the molecule is CC#CCCC(Cc1cccc(F)c1F)NCC. The van der Waals surface area contributed by atoms with Crippen LogP contribution in [0.5, 0.6) is 0 Å². The summed E-state index contributed by atoms with van der Waals surface area (Å²) in [6.07, 6.45) is 2.10. The predicted octanol–water partition coefficient (Wildman–Crippen LogP) is 3.29.